The number of halogens is 1. The van der Waals surface area contributed by atoms with Crippen molar-refractivity contribution in [1.82, 2.24) is 19.5 Å². The van der Waals surface area contributed by atoms with Crippen LogP contribution in [-0.2, 0) is 23.6 Å². The first-order valence-electron chi connectivity index (χ1n) is 8.98. The van der Waals surface area contributed by atoms with Crippen molar-refractivity contribution in [2.24, 2.45) is 7.05 Å². The van der Waals surface area contributed by atoms with Crippen molar-refractivity contribution in [3.63, 3.8) is 0 Å². The molecule has 0 spiro atoms. The van der Waals surface area contributed by atoms with Crippen LogP contribution in [0.25, 0.3) is 22.2 Å². The number of pyridine rings is 1. The summed E-state index contributed by atoms with van der Waals surface area (Å²) in [6.45, 7) is 2.00. The van der Waals surface area contributed by atoms with Crippen molar-refractivity contribution in [2.75, 3.05) is 0 Å². The average Bonchev–Trinajstić information content (AvgIpc) is 3.01. The molecule has 1 N–H and O–H groups in total. The summed E-state index contributed by atoms with van der Waals surface area (Å²) in [6, 6.07) is 14.3. The molecule has 6 nitrogen and oxygen atoms in total. The van der Waals surface area contributed by atoms with Crippen molar-refractivity contribution < 1.29 is 12.8 Å². The molecule has 2 heterocycles. The van der Waals surface area contributed by atoms with Gasteiger partial charge in [0.2, 0.25) is 10.0 Å². The first-order chi connectivity index (χ1) is 13.8. The number of fused-ring (bicyclic) bond motifs is 1. The maximum atomic E-state index is 13.1. The molecule has 0 aliphatic heterocycles. The van der Waals surface area contributed by atoms with Gasteiger partial charge >= 0.3 is 0 Å². The lowest BCUT2D eigenvalue weighted by Crippen LogP contribution is -2.23. The van der Waals surface area contributed by atoms with E-state index in [1.807, 2.05) is 6.92 Å². The molecule has 0 unspecified atom stereocenters. The number of rotatable bonds is 5. The lowest BCUT2D eigenvalue weighted by atomic mass is 10.1. The van der Waals surface area contributed by atoms with Crippen molar-refractivity contribution in [2.45, 2.75) is 18.4 Å². The van der Waals surface area contributed by atoms with E-state index in [1.165, 1.54) is 12.1 Å². The van der Waals surface area contributed by atoms with E-state index in [1.54, 1.807) is 60.4 Å². The Balaban J connectivity index is 1.56. The highest BCUT2D eigenvalue weighted by molar-refractivity contribution is 7.89. The van der Waals surface area contributed by atoms with Gasteiger partial charge < -0.3 is 0 Å². The monoisotopic (exact) mass is 410 g/mol. The minimum absolute atomic E-state index is 0.133. The number of nitrogens with one attached hydrogen (secondary N) is 1. The van der Waals surface area contributed by atoms with Gasteiger partial charge in [-0.15, -0.1) is 0 Å². The quantitative estimate of drug-likeness (QED) is 0.546. The van der Waals surface area contributed by atoms with Gasteiger partial charge in [-0.05, 0) is 53.9 Å². The van der Waals surface area contributed by atoms with Gasteiger partial charge in [0.15, 0.2) is 5.65 Å². The van der Waals surface area contributed by atoms with Crippen LogP contribution in [0.2, 0.25) is 0 Å². The fourth-order valence-electron chi connectivity index (χ4n) is 3.32. The first-order valence-corrected chi connectivity index (χ1v) is 10.5. The minimum atomic E-state index is -3.70. The van der Waals surface area contributed by atoms with E-state index < -0.39 is 10.0 Å². The highest BCUT2D eigenvalue weighted by Gasteiger charge is 2.16. The summed E-state index contributed by atoms with van der Waals surface area (Å²) in [5, 5.41) is 5.20. The van der Waals surface area contributed by atoms with Gasteiger partial charge in [-0.3, -0.25) is 4.68 Å². The normalized spacial score (nSPS) is 11.8. The molecule has 0 aliphatic carbocycles. The van der Waals surface area contributed by atoms with Gasteiger partial charge in [0.1, 0.15) is 5.82 Å². The van der Waals surface area contributed by atoms with Crippen LogP contribution >= 0.6 is 0 Å². The Bertz CT molecular complexity index is 1280. The molecule has 0 amide bonds. The van der Waals surface area contributed by atoms with Crippen molar-refractivity contribution >= 4 is 21.1 Å². The summed E-state index contributed by atoms with van der Waals surface area (Å²) in [7, 11) is -1.89. The van der Waals surface area contributed by atoms with Crippen molar-refractivity contribution in [3.8, 4) is 11.1 Å². The van der Waals surface area contributed by atoms with Gasteiger partial charge in [-0.1, -0.05) is 24.3 Å². The molecule has 0 radical (unpaired) electrons. The third-order valence-electron chi connectivity index (χ3n) is 4.78. The predicted octanol–water partition coefficient (Wildman–Crippen LogP) is 3.56. The lowest BCUT2D eigenvalue weighted by molar-refractivity contribution is 0.581. The van der Waals surface area contributed by atoms with Crippen LogP contribution in [0.15, 0.2) is 65.7 Å². The second kappa shape index (κ2) is 7.38. The Labute approximate surface area is 168 Å². The van der Waals surface area contributed by atoms with Crippen molar-refractivity contribution in [3.05, 3.63) is 77.9 Å². The zero-order valence-corrected chi connectivity index (χ0v) is 16.7. The molecule has 0 saturated heterocycles. The van der Waals surface area contributed by atoms with Gasteiger partial charge in [0.25, 0.3) is 0 Å². The Hall–Kier alpha value is -3.10. The van der Waals surface area contributed by atoms with Gasteiger partial charge in [-0.25, -0.2) is 22.5 Å². The molecule has 0 bridgehead atoms. The molecule has 2 aromatic heterocycles. The fourth-order valence-corrected chi connectivity index (χ4v) is 4.33. The van der Waals surface area contributed by atoms with Crippen LogP contribution in [0, 0.1) is 12.7 Å². The smallest absolute Gasteiger partial charge is 0.240 e. The minimum Gasteiger partial charge on any atom is -0.250 e. The Morgan fingerprint density at radius 1 is 1.00 bits per heavy atom. The maximum Gasteiger partial charge on any atom is 0.240 e. The molecule has 8 heteroatoms. The zero-order valence-electron chi connectivity index (χ0n) is 15.9. The summed E-state index contributed by atoms with van der Waals surface area (Å²) in [5.74, 6) is -0.314. The summed E-state index contributed by atoms with van der Waals surface area (Å²) in [6.07, 6.45) is 1.64. The SMILES string of the molecule is Cc1nn(C)c2nccc(CNS(=O)(=O)c3ccc(-c4ccc(F)cc4)cc3)c12. The standard InChI is InChI=1S/C21H19FN4O2S/c1-14-20-17(11-12-23-21(20)26(2)25-14)13-24-29(27,28)19-9-5-16(6-10-19)15-3-7-18(22)8-4-15/h3-12,24H,13H2,1-2H3. The fraction of sp³-hybridized carbons (Fsp3) is 0.143. The highest BCUT2D eigenvalue weighted by atomic mass is 32.2. The number of benzene rings is 2. The molecule has 4 rings (SSSR count). The van der Waals surface area contributed by atoms with Crippen LogP contribution in [0.1, 0.15) is 11.3 Å². The average molecular weight is 410 g/mol. The molecule has 0 saturated carbocycles. The first kappa shape index (κ1) is 19.2. The predicted molar refractivity (Wildman–Crippen MR) is 109 cm³/mol. The third kappa shape index (κ3) is 3.76. The van der Waals surface area contributed by atoms with E-state index in [-0.39, 0.29) is 17.3 Å². The Morgan fingerprint density at radius 2 is 1.62 bits per heavy atom. The van der Waals surface area contributed by atoms with E-state index in [4.69, 9.17) is 0 Å². The summed E-state index contributed by atoms with van der Waals surface area (Å²) >= 11 is 0. The molecule has 0 atom stereocenters. The van der Waals surface area contributed by atoms with E-state index >= 15 is 0 Å². The molecule has 0 aliphatic rings. The molecular formula is C21H19FN4O2S. The van der Waals surface area contributed by atoms with E-state index in [2.05, 4.69) is 14.8 Å². The zero-order chi connectivity index (χ0) is 20.6. The second-order valence-electron chi connectivity index (χ2n) is 6.73. The lowest BCUT2D eigenvalue weighted by Gasteiger charge is -2.09. The van der Waals surface area contributed by atoms with Crippen LogP contribution in [0.3, 0.4) is 0 Å². The van der Waals surface area contributed by atoms with E-state index in [9.17, 15) is 12.8 Å². The van der Waals surface area contributed by atoms with E-state index in [0.29, 0.717) is 5.65 Å². The number of hydrogen-bond acceptors (Lipinski definition) is 4. The van der Waals surface area contributed by atoms with Crippen LogP contribution < -0.4 is 4.72 Å². The Morgan fingerprint density at radius 3 is 2.28 bits per heavy atom. The van der Waals surface area contributed by atoms with Gasteiger partial charge in [0, 0.05) is 25.2 Å². The van der Waals surface area contributed by atoms with Crippen molar-refractivity contribution in [1.29, 1.82) is 0 Å². The molecule has 4 aromatic rings. The number of nitrogens with zero attached hydrogens (tertiary/aromatic N) is 3. The topological polar surface area (TPSA) is 76.9 Å². The second-order valence-corrected chi connectivity index (χ2v) is 8.50. The molecular weight excluding hydrogens is 391 g/mol. The molecule has 2 aromatic carbocycles. The Kier molecular flexibility index (Phi) is 4.89. The number of aromatic nitrogens is 3. The maximum absolute atomic E-state index is 13.1. The molecule has 148 valence electrons. The van der Waals surface area contributed by atoms with E-state index in [0.717, 1.165) is 27.8 Å². The van der Waals surface area contributed by atoms with Crippen LogP contribution in [0.5, 0.6) is 0 Å². The van der Waals surface area contributed by atoms with Crippen LogP contribution in [0.4, 0.5) is 4.39 Å². The molecule has 29 heavy (non-hydrogen) atoms. The number of hydrogen-bond donors (Lipinski definition) is 1. The largest absolute Gasteiger partial charge is 0.250 e. The van der Waals surface area contributed by atoms with Gasteiger partial charge in [0.05, 0.1) is 10.6 Å². The summed E-state index contributed by atoms with van der Waals surface area (Å²) < 4.78 is 42.9. The number of aryl methyl sites for hydroxylation is 2. The van der Waals surface area contributed by atoms with Gasteiger partial charge in [-0.2, -0.15) is 5.10 Å². The summed E-state index contributed by atoms with van der Waals surface area (Å²) in [5.41, 5.74) is 3.95. The summed E-state index contributed by atoms with van der Waals surface area (Å²) in [4.78, 5) is 4.47. The number of sulfonamides is 1. The highest BCUT2D eigenvalue weighted by Crippen LogP contribution is 2.23. The van der Waals surface area contributed by atoms with Crippen LogP contribution in [-0.4, -0.2) is 23.2 Å². The third-order valence-corrected chi connectivity index (χ3v) is 6.20. The molecule has 0 fully saturated rings.